The zero-order chi connectivity index (χ0) is 23.0. The largest absolute Gasteiger partial charge is 0.431 e. The number of fused-ring (bicyclic) bond motifs is 1. The molecule has 2 heterocycles. The summed E-state index contributed by atoms with van der Waals surface area (Å²) in [5.41, 5.74) is 2.41. The predicted molar refractivity (Wildman–Crippen MR) is 125 cm³/mol. The van der Waals surface area contributed by atoms with Crippen LogP contribution in [-0.4, -0.2) is 53.0 Å². The summed E-state index contributed by atoms with van der Waals surface area (Å²) < 4.78 is 34.0. The average Bonchev–Trinajstić information content (AvgIpc) is 3.33. The van der Waals surface area contributed by atoms with E-state index in [1.54, 1.807) is 29.2 Å². The highest BCUT2D eigenvalue weighted by Gasteiger charge is 2.47. The second-order valence-corrected chi connectivity index (χ2v) is 11.2. The molecule has 0 saturated carbocycles. The van der Waals surface area contributed by atoms with Crippen LogP contribution in [-0.2, 0) is 14.8 Å². The standard InChI is InChI=1S/C23H27N3O4S2/c1-15(2)22-25(32(28,29)18-11-9-16(3)10-12-18)13-17(4)26(22)21(27)14-31-23-24-19-7-5-6-8-20(19)30-23/h5-12,15,17,22H,13-14H2,1-4H3/t17-,22-/m0/s1. The van der Waals surface area contributed by atoms with E-state index in [-0.39, 0.29) is 35.1 Å². The van der Waals surface area contributed by atoms with Crippen molar-refractivity contribution in [2.45, 2.75) is 50.0 Å². The van der Waals surface area contributed by atoms with Gasteiger partial charge in [0.2, 0.25) is 15.9 Å². The minimum absolute atomic E-state index is 0.0709. The van der Waals surface area contributed by atoms with Gasteiger partial charge in [0.05, 0.1) is 10.6 Å². The molecule has 9 heteroatoms. The molecule has 0 radical (unpaired) electrons. The number of oxazole rings is 1. The number of benzene rings is 2. The van der Waals surface area contributed by atoms with Crippen molar-refractivity contribution in [2.75, 3.05) is 12.3 Å². The van der Waals surface area contributed by atoms with Crippen molar-refractivity contribution in [3.05, 3.63) is 54.1 Å². The highest BCUT2D eigenvalue weighted by molar-refractivity contribution is 7.99. The molecule has 1 fully saturated rings. The second-order valence-electron chi connectivity index (χ2n) is 8.43. The number of hydrogen-bond acceptors (Lipinski definition) is 6. The lowest BCUT2D eigenvalue weighted by molar-refractivity contribution is -0.132. The summed E-state index contributed by atoms with van der Waals surface area (Å²) in [7, 11) is -3.73. The molecular formula is C23H27N3O4S2. The van der Waals surface area contributed by atoms with E-state index >= 15 is 0 Å². The van der Waals surface area contributed by atoms with Crippen LogP contribution in [0.3, 0.4) is 0 Å². The summed E-state index contributed by atoms with van der Waals surface area (Å²) in [6.45, 7) is 7.95. The summed E-state index contributed by atoms with van der Waals surface area (Å²) in [5.74, 6) is -0.0813. The smallest absolute Gasteiger partial charge is 0.257 e. The number of aromatic nitrogens is 1. The van der Waals surface area contributed by atoms with Crippen molar-refractivity contribution in [1.82, 2.24) is 14.2 Å². The molecule has 3 aromatic rings. The number of thioether (sulfide) groups is 1. The van der Waals surface area contributed by atoms with Gasteiger partial charge in [-0.25, -0.2) is 13.4 Å². The number of amides is 1. The molecule has 2 aromatic carbocycles. The number of rotatable bonds is 6. The molecule has 4 rings (SSSR count). The summed E-state index contributed by atoms with van der Waals surface area (Å²) in [5, 5.41) is 0.427. The molecule has 2 atom stereocenters. The van der Waals surface area contributed by atoms with E-state index in [2.05, 4.69) is 4.98 Å². The van der Waals surface area contributed by atoms with Crippen LogP contribution in [0, 0.1) is 12.8 Å². The fraction of sp³-hybridized carbons (Fsp3) is 0.391. The van der Waals surface area contributed by atoms with Crippen molar-refractivity contribution in [1.29, 1.82) is 0 Å². The van der Waals surface area contributed by atoms with Gasteiger partial charge in [0.25, 0.3) is 5.22 Å². The Morgan fingerprint density at radius 1 is 1.19 bits per heavy atom. The topological polar surface area (TPSA) is 83.7 Å². The number of carbonyl (C=O) groups excluding carboxylic acids is 1. The Labute approximate surface area is 192 Å². The molecule has 0 N–H and O–H groups in total. The fourth-order valence-corrected chi connectivity index (χ4v) is 6.60. The first-order valence-electron chi connectivity index (χ1n) is 10.6. The van der Waals surface area contributed by atoms with E-state index in [0.717, 1.165) is 11.1 Å². The molecule has 1 aromatic heterocycles. The third kappa shape index (κ3) is 4.29. The second kappa shape index (κ2) is 8.88. The van der Waals surface area contributed by atoms with E-state index < -0.39 is 16.2 Å². The van der Waals surface area contributed by atoms with Gasteiger partial charge in [-0.15, -0.1) is 0 Å². The molecule has 0 spiro atoms. The van der Waals surface area contributed by atoms with Gasteiger partial charge < -0.3 is 9.32 Å². The molecule has 170 valence electrons. The third-order valence-corrected chi connectivity index (χ3v) is 8.27. The van der Waals surface area contributed by atoms with Crippen LogP contribution in [0.25, 0.3) is 11.1 Å². The Bertz CT molecular complexity index is 1190. The maximum atomic E-state index is 13.4. The normalized spacial score (nSPS) is 19.8. The lowest BCUT2D eigenvalue weighted by atomic mass is 10.1. The number of hydrogen-bond donors (Lipinski definition) is 0. The van der Waals surface area contributed by atoms with Crippen LogP contribution >= 0.6 is 11.8 Å². The molecule has 0 unspecified atom stereocenters. The van der Waals surface area contributed by atoms with Gasteiger partial charge >= 0.3 is 0 Å². The van der Waals surface area contributed by atoms with Gasteiger partial charge in [0.15, 0.2) is 5.58 Å². The molecular weight excluding hydrogens is 446 g/mol. The SMILES string of the molecule is Cc1ccc(S(=O)(=O)N2C[C@H](C)N(C(=O)CSc3nc4ccccc4o3)[C@H]2C(C)C)cc1. The van der Waals surface area contributed by atoms with Crippen molar-refractivity contribution in [3.63, 3.8) is 0 Å². The predicted octanol–water partition coefficient (Wildman–Crippen LogP) is 4.13. The van der Waals surface area contributed by atoms with Crippen molar-refractivity contribution >= 4 is 38.8 Å². The lowest BCUT2D eigenvalue weighted by Crippen LogP contribution is -2.49. The molecule has 1 saturated heterocycles. The van der Waals surface area contributed by atoms with Crippen LogP contribution in [0.1, 0.15) is 26.3 Å². The average molecular weight is 474 g/mol. The minimum Gasteiger partial charge on any atom is -0.431 e. The maximum absolute atomic E-state index is 13.4. The van der Waals surface area contributed by atoms with Gasteiger partial charge in [-0.05, 0) is 44.0 Å². The van der Waals surface area contributed by atoms with E-state index in [1.165, 1.54) is 16.1 Å². The maximum Gasteiger partial charge on any atom is 0.257 e. The molecule has 0 aliphatic carbocycles. The Balaban J connectivity index is 1.54. The first kappa shape index (κ1) is 22.8. The van der Waals surface area contributed by atoms with E-state index in [0.29, 0.717) is 10.8 Å². The number of nitrogens with zero attached hydrogens (tertiary/aromatic N) is 3. The zero-order valence-electron chi connectivity index (χ0n) is 18.6. The van der Waals surface area contributed by atoms with Crippen LogP contribution in [0.2, 0.25) is 0 Å². The van der Waals surface area contributed by atoms with Gasteiger partial charge in [-0.1, -0.05) is 55.4 Å². The molecule has 32 heavy (non-hydrogen) atoms. The Kier molecular flexibility index (Phi) is 6.33. The summed E-state index contributed by atoms with van der Waals surface area (Å²) in [6.07, 6.45) is -0.548. The highest BCUT2D eigenvalue weighted by Crippen LogP contribution is 2.33. The van der Waals surface area contributed by atoms with Gasteiger partial charge in [0.1, 0.15) is 11.7 Å². The van der Waals surface area contributed by atoms with Crippen LogP contribution in [0.5, 0.6) is 0 Å². The molecule has 1 aliphatic heterocycles. The monoisotopic (exact) mass is 473 g/mol. The van der Waals surface area contributed by atoms with Crippen molar-refractivity contribution in [3.8, 4) is 0 Å². The van der Waals surface area contributed by atoms with Crippen molar-refractivity contribution < 1.29 is 17.6 Å². The van der Waals surface area contributed by atoms with Crippen molar-refractivity contribution in [2.24, 2.45) is 5.92 Å². The first-order valence-corrected chi connectivity index (χ1v) is 13.0. The van der Waals surface area contributed by atoms with Gasteiger partial charge in [-0.2, -0.15) is 4.31 Å². The Hall–Kier alpha value is -2.36. The summed E-state index contributed by atoms with van der Waals surface area (Å²) in [6, 6.07) is 14.0. The lowest BCUT2D eigenvalue weighted by Gasteiger charge is -2.33. The Morgan fingerprint density at radius 2 is 1.88 bits per heavy atom. The quantitative estimate of drug-likeness (QED) is 0.501. The number of para-hydroxylation sites is 2. The molecule has 7 nitrogen and oxygen atoms in total. The zero-order valence-corrected chi connectivity index (χ0v) is 20.2. The van der Waals surface area contributed by atoms with Crippen LogP contribution < -0.4 is 0 Å². The first-order chi connectivity index (χ1) is 15.2. The number of carbonyl (C=O) groups is 1. The van der Waals surface area contributed by atoms with Crippen LogP contribution in [0.15, 0.2) is 63.1 Å². The molecule has 1 aliphatic rings. The summed E-state index contributed by atoms with van der Waals surface area (Å²) >= 11 is 1.23. The van der Waals surface area contributed by atoms with Gasteiger partial charge in [0, 0.05) is 12.6 Å². The van der Waals surface area contributed by atoms with Crippen LogP contribution in [0.4, 0.5) is 0 Å². The van der Waals surface area contributed by atoms with E-state index in [4.69, 9.17) is 4.42 Å². The molecule has 1 amide bonds. The van der Waals surface area contributed by atoms with Gasteiger partial charge in [-0.3, -0.25) is 4.79 Å². The summed E-state index contributed by atoms with van der Waals surface area (Å²) in [4.78, 5) is 19.6. The number of sulfonamides is 1. The Morgan fingerprint density at radius 3 is 2.53 bits per heavy atom. The highest BCUT2D eigenvalue weighted by atomic mass is 32.2. The molecule has 0 bridgehead atoms. The van der Waals surface area contributed by atoms with E-state index in [1.807, 2.05) is 52.0 Å². The third-order valence-electron chi connectivity index (χ3n) is 5.60. The van der Waals surface area contributed by atoms with E-state index in [9.17, 15) is 13.2 Å². The fourth-order valence-electron chi connectivity index (χ4n) is 4.10. The number of aryl methyl sites for hydroxylation is 1. The minimum atomic E-state index is -3.73.